The van der Waals surface area contributed by atoms with Crippen molar-refractivity contribution in [3.05, 3.63) is 155 Å². The van der Waals surface area contributed by atoms with Gasteiger partial charge in [0.25, 0.3) is 0 Å². The minimum Gasteiger partial charge on any atom is -0.333 e. The molecule has 0 N–H and O–H groups in total. The smallest absolute Gasteiger partial charge is 0.0774 e. The third-order valence-corrected chi connectivity index (χ3v) is 16.3. The second kappa shape index (κ2) is 19.3. The van der Waals surface area contributed by atoms with Gasteiger partial charge >= 0.3 is 126 Å². The third-order valence-electron chi connectivity index (χ3n) is 11.1. The SMILES string of the molecule is CC(C)Cc1cc(-c2[c-]cccc2)nc[c]1[Ge]([CH3])([CH3])[CH3].CC(C)c1ccc2c(-c3nc4ccccc4n3-c3c(C(C)C)cc(-c4ccccc4)cc3C(C)C)[c-]sc2c1.[Ir]. The molecule has 0 aliphatic carbocycles. The van der Waals surface area contributed by atoms with E-state index in [0.717, 1.165) is 40.1 Å². The Balaban J connectivity index is 0.000000243. The van der Waals surface area contributed by atoms with Gasteiger partial charge in [0.15, 0.2) is 0 Å². The van der Waals surface area contributed by atoms with Gasteiger partial charge in [0.05, 0.1) is 16.9 Å². The number of pyridine rings is 1. The van der Waals surface area contributed by atoms with Gasteiger partial charge in [-0.25, -0.2) is 0 Å². The van der Waals surface area contributed by atoms with E-state index >= 15 is 0 Å². The van der Waals surface area contributed by atoms with Crippen molar-refractivity contribution in [1.29, 1.82) is 0 Å². The average molecular weight is 1050 g/mol. The number of thiophene rings is 1. The van der Waals surface area contributed by atoms with Gasteiger partial charge < -0.3 is 4.57 Å². The van der Waals surface area contributed by atoms with Gasteiger partial charge in [-0.3, -0.25) is 16.3 Å². The second-order valence-corrected chi connectivity index (χ2v) is 29.7. The Hall–Kier alpha value is -4.13. The van der Waals surface area contributed by atoms with Crippen LogP contribution in [0.25, 0.3) is 60.6 Å². The third kappa shape index (κ3) is 9.81. The Morgan fingerprint density at radius 1 is 0.700 bits per heavy atom. The van der Waals surface area contributed by atoms with E-state index in [1.54, 1.807) is 15.7 Å². The van der Waals surface area contributed by atoms with E-state index in [4.69, 9.17) is 9.97 Å². The van der Waals surface area contributed by atoms with E-state index in [1.165, 1.54) is 49.2 Å². The molecule has 0 aliphatic heterocycles. The number of aromatic nitrogens is 3. The number of rotatable bonds is 10. The van der Waals surface area contributed by atoms with Crippen LogP contribution in [0.5, 0.6) is 0 Å². The molecule has 8 rings (SSSR count). The molecular formula is C54H59GeIrN3S-2. The summed E-state index contributed by atoms with van der Waals surface area (Å²) in [4.78, 5) is 9.96. The number of para-hydroxylation sites is 2. The van der Waals surface area contributed by atoms with Crippen molar-refractivity contribution < 1.29 is 20.1 Å². The van der Waals surface area contributed by atoms with Crippen LogP contribution in [-0.2, 0) is 26.5 Å². The normalized spacial score (nSPS) is 11.8. The van der Waals surface area contributed by atoms with Crippen molar-refractivity contribution in [2.45, 2.75) is 96.8 Å². The van der Waals surface area contributed by atoms with Gasteiger partial charge in [-0.15, -0.1) is 11.5 Å². The quantitative estimate of drug-likeness (QED) is 0.101. The molecule has 3 nitrogen and oxygen atoms in total. The standard InChI is InChI=1S/C36H35N2S.C18H24GeN.Ir/c1-22(2)26-16-17-28-31(21-39-34(28)20-26)36-37-32-14-10-11-15-33(32)38(36)35-29(23(3)4)18-27(19-30(35)24(5)6)25-12-8-7-9-13-25;1-14(2)11-16-12-18(15-9-7-6-8-10-15)20-13-17(16)19(3,4)5;/h7-20,22-24H,1-6H3;6-9,12-14H,11H2,1-5H3;/q2*-1;. The Kier molecular flexibility index (Phi) is 14.6. The van der Waals surface area contributed by atoms with Crippen LogP contribution in [0.3, 0.4) is 0 Å². The molecule has 0 unspecified atom stereocenters. The maximum Gasteiger partial charge on any atom is 0.0774 e. The summed E-state index contributed by atoms with van der Waals surface area (Å²) in [6.45, 7) is 18.3. The topological polar surface area (TPSA) is 30.7 Å². The summed E-state index contributed by atoms with van der Waals surface area (Å²) >= 11 is -0.161. The molecule has 6 heteroatoms. The summed E-state index contributed by atoms with van der Waals surface area (Å²) in [5.74, 6) is 10.1. The van der Waals surface area contributed by atoms with Crippen molar-refractivity contribution in [3.8, 4) is 39.5 Å². The van der Waals surface area contributed by atoms with Crippen molar-refractivity contribution in [1.82, 2.24) is 14.5 Å². The molecule has 3 aromatic heterocycles. The first-order valence-electron chi connectivity index (χ1n) is 21.3. The number of fused-ring (bicyclic) bond motifs is 2. The maximum absolute atomic E-state index is 5.26. The van der Waals surface area contributed by atoms with Crippen molar-refractivity contribution in [3.63, 3.8) is 0 Å². The first kappa shape index (κ1) is 45.4. The fraction of sp³-hybridized carbons (Fsp3) is 0.296. The first-order valence-corrected chi connectivity index (χ1v) is 29.5. The molecule has 60 heavy (non-hydrogen) atoms. The molecule has 0 atom stereocenters. The molecule has 5 aromatic carbocycles. The van der Waals surface area contributed by atoms with Crippen LogP contribution in [0.4, 0.5) is 0 Å². The summed E-state index contributed by atoms with van der Waals surface area (Å²) in [7, 11) is 0. The van der Waals surface area contributed by atoms with Gasteiger partial charge in [0.2, 0.25) is 0 Å². The van der Waals surface area contributed by atoms with Crippen molar-refractivity contribution in [2.24, 2.45) is 5.92 Å². The Morgan fingerprint density at radius 2 is 1.37 bits per heavy atom. The first-order chi connectivity index (χ1) is 28.2. The molecular weight excluding hydrogens is 988 g/mol. The molecule has 311 valence electrons. The zero-order valence-corrected chi connectivity index (χ0v) is 42.5. The van der Waals surface area contributed by atoms with Crippen LogP contribution in [-0.4, -0.2) is 27.8 Å². The summed E-state index contributed by atoms with van der Waals surface area (Å²) < 4.78 is 5.23. The molecule has 0 bridgehead atoms. The molecule has 0 aliphatic rings. The van der Waals surface area contributed by atoms with E-state index in [0.29, 0.717) is 23.7 Å². The zero-order chi connectivity index (χ0) is 42.0. The van der Waals surface area contributed by atoms with E-state index in [2.05, 4.69) is 192 Å². The Labute approximate surface area is 379 Å². The van der Waals surface area contributed by atoms with E-state index in [1.807, 2.05) is 18.2 Å². The van der Waals surface area contributed by atoms with Gasteiger partial charge in [0, 0.05) is 25.8 Å². The summed E-state index contributed by atoms with van der Waals surface area (Å²) in [5, 5.41) is 4.88. The molecule has 8 aromatic rings. The monoisotopic (exact) mass is 1050 g/mol. The van der Waals surface area contributed by atoms with Crippen LogP contribution in [0.15, 0.2) is 121 Å². The predicted molar refractivity (Wildman–Crippen MR) is 258 cm³/mol. The second-order valence-electron chi connectivity index (χ2n) is 18.3. The Bertz CT molecular complexity index is 2660. The zero-order valence-electron chi connectivity index (χ0n) is 37.1. The van der Waals surface area contributed by atoms with Crippen LogP contribution in [0.2, 0.25) is 17.3 Å². The van der Waals surface area contributed by atoms with Crippen LogP contribution >= 0.6 is 11.3 Å². The van der Waals surface area contributed by atoms with E-state index in [-0.39, 0.29) is 20.1 Å². The van der Waals surface area contributed by atoms with Crippen LogP contribution in [0.1, 0.15) is 95.4 Å². The molecule has 1 radical (unpaired) electrons. The molecule has 0 saturated carbocycles. The number of benzene rings is 5. The van der Waals surface area contributed by atoms with Gasteiger partial charge in [-0.05, 0) is 64.3 Å². The van der Waals surface area contributed by atoms with Gasteiger partial charge in [-0.1, -0.05) is 117 Å². The summed E-state index contributed by atoms with van der Waals surface area (Å²) in [5.41, 5.74) is 14.7. The molecule has 0 amide bonds. The minimum atomic E-state index is -1.86. The largest absolute Gasteiger partial charge is 0.333 e. The average Bonchev–Trinajstić information content (AvgIpc) is 3.81. The Morgan fingerprint density at radius 3 is 1.98 bits per heavy atom. The molecule has 0 fully saturated rings. The fourth-order valence-electron chi connectivity index (χ4n) is 8.03. The van der Waals surface area contributed by atoms with Crippen LogP contribution < -0.4 is 4.40 Å². The maximum atomic E-state index is 5.26. The summed E-state index contributed by atoms with van der Waals surface area (Å²) in [6.07, 6.45) is 3.27. The van der Waals surface area contributed by atoms with E-state index in [9.17, 15) is 0 Å². The van der Waals surface area contributed by atoms with Gasteiger partial charge in [-0.2, -0.15) is 0 Å². The number of hydrogen-bond acceptors (Lipinski definition) is 3. The van der Waals surface area contributed by atoms with Gasteiger partial charge in [0.1, 0.15) is 0 Å². The predicted octanol–water partition coefficient (Wildman–Crippen LogP) is 15.0. The molecule has 0 spiro atoms. The number of imidazole rings is 1. The molecule has 3 heterocycles. The fourth-order valence-corrected chi connectivity index (χ4v) is 12.3. The number of nitrogens with zero attached hydrogens (tertiary/aromatic N) is 3. The van der Waals surface area contributed by atoms with E-state index < -0.39 is 13.3 Å². The van der Waals surface area contributed by atoms with Crippen molar-refractivity contribution in [2.75, 3.05) is 0 Å². The summed E-state index contributed by atoms with van der Waals surface area (Å²) in [6, 6.07) is 44.6. The van der Waals surface area contributed by atoms with Crippen molar-refractivity contribution >= 4 is 50.1 Å². The minimum absolute atomic E-state index is 0. The number of hydrogen-bond donors (Lipinski definition) is 0. The molecule has 0 saturated heterocycles. The van der Waals surface area contributed by atoms with Crippen LogP contribution in [0, 0.1) is 17.4 Å².